The summed E-state index contributed by atoms with van der Waals surface area (Å²) in [5, 5.41) is 0. The van der Waals surface area contributed by atoms with E-state index in [1.54, 1.807) is 0 Å². The molecule has 0 unspecified atom stereocenters. The molecule has 4 nitrogen and oxygen atoms in total. The molecule has 0 aromatic carbocycles. The summed E-state index contributed by atoms with van der Waals surface area (Å²) < 4.78 is 4.71. The number of esters is 1. The fourth-order valence-corrected chi connectivity index (χ4v) is 0.483. The summed E-state index contributed by atoms with van der Waals surface area (Å²) in [6, 6.07) is 0. The molecule has 0 heterocycles. The van der Waals surface area contributed by atoms with Crippen LogP contribution in [0.2, 0.25) is 0 Å². The van der Waals surface area contributed by atoms with E-state index in [2.05, 4.69) is 10.3 Å². The molecule has 0 amide bonds. The molecule has 12 heavy (non-hydrogen) atoms. The topological polar surface area (TPSA) is 47.6 Å². The van der Waals surface area contributed by atoms with E-state index in [0.29, 0.717) is 6.61 Å². The van der Waals surface area contributed by atoms with Gasteiger partial charge in [0, 0.05) is 11.7 Å². The first-order valence-corrected chi connectivity index (χ1v) is 4.03. The van der Waals surface area contributed by atoms with Crippen molar-refractivity contribution in [1.82, 2.24) is 5.48 Å². The van der Waals surface area contributed by atoms with Crippen LogP contribution in [0.5, 0.6) is 0 Å². The number of hydrogen-bond acceptors (Lipinski definition) is 4. The number of hydroxylamine groups is 1. The molecule has 0 rings (SSSR count). The first-order valence-electron chi connectivity index (χ1n) is 3.59. The van der Waals surface area contributed by atoms with Gasteiger partial charge in [0.1, 0.15) is 0 Å². The average molecular weight is 194 g/mol. The Balaban J connectivity index is 3.19. The zero-order valence-electron chi connectivity index (χ0n) is 6.88. The van der Waals surface area contributed by atoms with Gasteiger partial charge in [0.15, 0.2) is 6.61 Å². The molecule has 0 bridgehead atoms. The number of ether oxygens (including phenoxy) is 1. The van der Waals surface area contributed by atoms with Crippen LogP contribution in [0.4, 0.5) is 0 Å². The van der Waals surface area contributed by atoms with Crippen molar-refractivity contribution in [2.45, 2.75) is 13.3 Å². The lowest BCUT2D eigenvalue weighted by atomic mass is 10.5. The SMILES string of the molecule is CCCOC(=O)CONC=CCl. The Morgan fingerprint density at radius 1 is 1.67 bits per heavy atom. The van der Waals surface area contributed by atoms with Gasteiger partial charge in [0.05, 0.1) is 6.61 Å². The summed E-state index contributed by atoms with van der Waals surface area (Å²) in [6.45, 7) is 2.22. The number of carbonyl (C=O) groups is 1. The molecule has 0 aliphatic carbocycles. The van der Waals surface area contributed by atoms with Gasteiger partial charge in [-0.3, -0.25) is 10.3 Å². The van der Waals surface area contributed by atoms with Crippen LogP contribution >= 0.6 is 11.6 Å². The minimum absolute atomic E-state index is 0.124. The van der Waals surface area contributed by atoms with Gasteiger partial charge in [0.25, 0.3) is 0 Å². The number of rotatable bonds is 6. The zero-order valence-corrected chi connectivity index (χ0v) is 7.63. The highest BCUT2D eigenvalue weighted by molar-refractivity contribution is 6.25. The molecular formula is C7H12ClNO3. The van der Waals surface area contributed by atoms with Gasteiger partial charge >= 0.3 is 5.97 Å². The minimum Gasteiger partial charge on any atom is -0.464 e. The van der Waals surface area contributed by atoms with E-state index in [9.17, 15) is 4.79 Å². The van der Waals surface area contributed by atoms with Crippen molar-refractivity contribution in [2.75, 3.05) is 13.2 Å². The van der Waals surface area contributed by atoms with E-state index in [4.69, 9.17) is 16.3 Å². The van der Waals surface area contributed by atoms with Gasteiger partial charge in [0.2, 0.25) is 0 Å². The Labute approximate surface area is 76.4 Å². The Morgan fingerprint density at radius 3 is 3.00 bits per heavy atom. The van der Waals surface area contributed by atoms with Crippen molar-refractivity contribution in [1.29, 1.82) is 0 Å². The third-order valence-electron chi connectivity index (χ3n) is 0.872. The highest BCUT2D eigenvalue weighted by Gasteiger charge is 2.00. The van der Waals surface area contributed by atoms with Gasteiger partial charge < -0.3 is 4.74 Å². The Bertz CT molecular complexity index is 150. The third-order valence-corrected chi connectivity index (χ3v) is 0.998. The van der Waals surface area contributed by atoms with Crippen molar-refractivity contribution in [2.24, 2.45) is 0 Å². The predicted molar refractivity (Wildman–Crippen MR) is 45.3 cm³/mol. The second kappa shape index (κ2) is 8.36. The van der Waals surface area contributed by atoms with Crippen molar-refractivity contribution >= 4 is 17.6 Å². The quantitative estimate of drug-likeness (QED) is 0.391. The predicted octanol–water partition coefficient (Wildman–Crippen LogP) is 1.17. The van der Waals surface area contributed by atoms with Crippen LogP contribution < -0.4 is 5.48 Å². The third kappa shape index (κ3) is 7.37. The smallest absolute Gasteiger partial charge is 0.334 e. The molecule has 0 saturated heterocycles. The van der Waals surface area contributed by atoms with E-state index in [-0.39, 0.29) is 6.61 Å². The van der Waals surface area contributed by atoms with Gasteiger partial charge in [-0.15, -0.1) is 0 Å². The summed E-state index contributed by atoms with van der Waals surface area (Å²) in [5.74, 6) is -0.396. The first kappa shape index (κ1) is 11.3. The minimum atomic E-state index is -0.396. The maximum absolute atomic E-state index is 10.7. The Morgan fingerprint density at radius 2 is 2.42 bits per heavy atom. The van der Waals surface area contributed by atoms with Crippen LogP contribution in [-0.2, 0) is 14.4 Å². The summed E-state index contributed by atoms with van der Waals surface area (Å²) >= 11 is 5.16. The van der Waals surface area contributed by atoms with Crippen molar-refractivity contribution in [3.8, 4) is 0 Å². The molecule has 0 spiro atoms. The maximum Gasteiger partial charge on any atom is 0.334 e. The van der Waals surface area contributed by atoms with Crippen LogP contribution in [-0.4, -0.2) is 19.2 Å². The molecular weight excluding hydrogens is 182 g/mol. The fraction of sp³-hybridized carbons (Fsp3) is 0.571. The molecule has 0 saturated carbocycles. The highest BCUT2D eigenvalue weighted by atomic mass is 35.5. The van der Waals surface area contributed by atoms with Crippen LogP contribution in [0.1, 0.15) is 13.3 Å². The molecule has 0 aromatic rings. The lowest BCUT2D eigenvalue weighted by molar-refractivity contribution is -0.150. The summed E-state index contributed by atoms with van der Waals surface area (Å²) in [6.07, 6.45) is 2.16. The number of nitrogens with one attached hydrogen (secondary N) is 1. The van der Waals surface area contributed by atoms with Gasteiger partial charge in [-0.05, 0) is 6.42 Å². The molecule has 0 atom stereocenters. The molecule has 0 aromatic heterocycles. The fourth-order valence-electron chi connectivity index (χ4n) is 0.432. The second-order valence-corrected chi connectivity index (χ2v) is 2.17. The van der Waals surface area contributed by atoms with E-state index in [1.807, 2.05) is 6.92 Å². The zero-order chi connectivity index (χ0) is 9.23. The van der Waals surface area contributed by atoms with Crippen LogP contribution in [0.15, 0.2) is 11.7 Å². The van der Waals surface area contributed by atoms with Crippen LogP contribution in [0.25, 0.3) is 0 Å². The molecule has 0 aliphatic heterocycles. The number of halogens is 1. The van der Waals surface area contributed by atoms with Crippen molar-refractivity contribution in [3.05, 3.63) is 11.7 Å². The molecule has 0 fully saturated rings. The molecule has 1 N–H and O–H groups in total. The lowest BCUT2D eigenvalue weighted by Gasteiger charge is -2.02. The monoisotopic (exact) mass is 193 g/mol. The summed E-state index contributed by atoms with van der Waals surface area (Å²) in [5.41, 5.74) is 3.56. The molecule has 0 aliphatic rings. The number of hydrogen-bond donors (Lipinski definition) is 1. The van der Waals surface area contributed by atoms with E-state index in [1.165, 1.54) is 11.7 Å². The lowest BCUT2D eigenvalue weighted by Crippen LogP contribution is -2.18. The normalized spacial score (nSPS) is 10.2. The van der Waals surface area contributed by atoms with E-state index >= 15 is 0 Å². The highest BCUT2D eigenvalue weighted by Crippen LogP contribution is 1.83. The average Bonchev–Trinajstić information content (AvgIpc) is 2.09. The van der Waals surface area contributed by atoms with Gasteiger partial charge in [-0.1, -0.05) is 18.5 Å². The molecule has 0 radical (unpaired) electrons. The first-order chi connectivity index (χ1) is 5.81. The van der Waals surface area contributed by atoms with Crippen molar-refractivity contribution in [3.63, 3.8) is 0 Å². The standard InChI is InChI=1S/C7H12ClNO3/c1-2-5-11-7(10)6-12-9-4-3-8/h3-4,9H,2,5-6H2,1H3. The Hall–Kier alpha value is -0.740. The second-order valence-electron chi connectivity index (χ2n) is 1.92. The summed E-state index contributed by atoms with van der Waals surface area (Å²) in [4.78, 5) is 15.4. The maximum atomic E-state index is 10.7. The van der Waals surface area contributed by atoms with Crippen LogP contribution in [0.3, 0.4) is 0 Å². The summed E-state index contributed by atoms with van der Waals surface area (Å²) in [7, 11) is 0. The largest absolute Gasteiger partial charge is 0.464 e. The van der Waals surface area contributed by atoms with Gasteiger partial charge in [-0.2, -0.15) is 0 Å². The van der Waals surface area contributed by atoms with E-state index < -0.39 is 5.97 Å². The van der Waals surface area contributed by atoms with Crippen molar-refractivity contribution < 1.29 is 14.4 Å². The Kier molecular flexibility index (Phi) is 7.84. The van der Waals surface area contributed by atoms with Crippen LogP contribution in [0, 0.1) is 0 Å². The van der Waals surface area contributed by atoms with Gasteiger partial charge in [-0.25, -0.2) is 4.79 Å². The molecule has 70 valence electrons. The van der Waals surface area contributed by atoms with E-state index in [0.717, 1.165) is 6.42 Å². The molecule has 5 heteroatoms. The number of carbonyl (C=O) groups excluding carboxylic acids is 1.